The number of nitrogens with zero attached hydrogens (tertiary/aromatic N) is 3. The molecule has 1 saturated carbocycles. The minimum absolute atomic E-state index is 0.612. The minimum Gasteiger partial charge on any atom is -0.367 e. The highest BCUT2D eigenvalue weighted by Gasteiger charge is 2.17. The molecule has 0 unspecified atom stereocenters. The van der Waals surface area contributed by atoms with Gasteiger partial charge in [0.1, 0.15) is 17.5 Å². The van der Waals surface area contributed by atoms with Crippen molar-refractivity contribution in [1.29, 1.82) is 0 Å². The Labute approximate surface area is 122 Å². The summed E-state index contributed by atoms with van der Waals surface area (Å²) < 4.78 is 0. The molecule has 1 saturated heterocycles. The summed E-state index contributed by atoms with van der Waals surface area (Å²) in [4.78, 5) is 11.6. The first kappa shape index (κ1) is 13.7. The highest BCUT2D eigenvalue weighted by Crippen LogP contribution is 2.24. The molecule has 20 heavy (non-hydrogen) atoms. The van der Waals surface area contributed by atoms with Crippen LogP contribution in [0.15, 0.2) is 6.07 Å². The molecule has 4 nitrogen and oxygen atoms in total. The molecule has 3 rings (SSSR count). The zero-order chi connectivity index (χ0) is 13.8. The second-order valence-corrected chi connectivity index (χ2v) is 6.19. The van der Waals surface area contributed by atoms with Gasteiger partial charge in [0, 0.05) is 25.2 Å². The van der Waals surface area contributed by atoms with Crippen molar-refractivity contribution in [2.45, 2.75) is 64.3 Å². The average molecular weight is 274 g/mol. The van der Waals surface area contributed by atoms with Crippen molar-refractivity contribution in [2.24, 2.45) is 0 Å². The van der Waals surface area contributed by atoms with Gasteiger partial charge in [-0.05, 0) is 32.6 Å². The van der Waals surface area contributed by atoms with E-state index in [9.17, 15) is 0 Å². The van der Waals surface area contributed by atoms with E-state index in [2.05, 4.69) is 26.3 Å². The molecule has 0 spiro atoms. The van der Waals surface area contributed by atoms with E-state index in [0.717, 1.165) is 30.5 Å². The first-order chi connectivity index (χ1) is 9.81. The number of aryl methyl sites for hydroxylation is 1. The van der Waals surface area contributed by atoms with E-state index < -0.39 is 0 Å². The van der Waals surface area contributed by atoms with E-state index in [0.29, 0.717) is 6.04 Å². The number of hydrogen-bond donors (Lipinski definition) is 1. The lowest BCUT2D eigenvalue weighted by Gasteiger charge is -2.23. The van der Waals surface area contributed by atoms with Crippen LogP contribution in [-0.2, 0) is 0 Å². The molecule has 1 aliphatic carbocycles. The maximum atomic E-state index is 4.65. The van der Waals surface area contributed by atoms with Crippen molar-refractivity contribution in [3.8, 4) is 0 Å². The Morgan fingerprint density at radius 2 is 1.70 bits per heavy atom. The number of hydrogen-bond acceptors (Lipinski definition) is 4. The summed E-state index contributed by atoms with van der Waals surface area (Å²) in [6, 6.07) is 2.76. The van der Waals surface area contributed by atoms with Gasteiger partial charge < -0.3 is 10.2 Å². The molecule has 4 heteroatoms. The summed E-state index contributed by atoms with van der Waals surface area (Å²) in [6.45, 7) is 4.28. The van der Waals surface area contributed by atoms with Crippen molar-refractivity contribution < 1.29 is 0 Å². The quantitative estimate of drug-likeness (QED) is 0.915. The summed E-state index contributed by atoms with van der Waals surface area (Å²) in [5.74, 6) is 3.01. The van der Waals surface area contributed by atoms with Gasteiger partial charge in [0.2, 0.25) is 0 Å². The third-order valence-corrected chi connectivity index (χ3v) is 4.46. The summed E-state index contributed by atoms with van der Waals surface area (Å²) in [7, 11) is 0. The molecule has 2 heterocycles. The standard InChI is InChI=1S/C16H26N4/c1-13-17-15(19-14-8-4-5-9-14)12-16(18-13)20-10-6-2-3-7-11-20/h12,14H,2-11H2,1H3,(H,17,18,19). The fourth-order valence-corrected chi connectivity index (χ4v) is 3.37. The number of rotatable bonds is 3. The molecule has 0 radical (unpaired) electrons. The first-order valence-corrected chi connectivity index (χ1v) is 8.18. The molecule has 0 atom stereocenters. The minimum atomic E-state index is 0.612. The average Bonchev–Trinajstić information content (AvgIpc) is 2.78. The van der Waals surface area contributed by atoms with Gasteiger partial charge in [-0.15, -0.1) is 0 Å². The second kappa shape index (κ2) is 6.42. The van der Waals surface area contributed by atoms with E-state index in [1.165, 1.54) is 51.4 Å². The number of aromatic nitrogens is 2. The molecule has 2 aliphatic rings. The van der Waals surface area contributed by atoms with Gasteiger partial charge in [-0.1, -0.05) is 25.7 Å². The van der Waals surface area contributed by atoms with E-state index in [-0.39, 0.29) is 0 Å². The van der Waals surface area contributed by atoms with E-state index in [4.69, 9.17) is 0 Å². The molecule has 0 amide bonds. The molecular formula is C16H26N4. The van der Waals surface area contributed by atoms with Crippen molar-refractivity contribution in [3.05, 3.63) is 11.9 Å². The molecule has 110 valence electrons. The summed E-state index contributed by atoms with van der Waals surface area (Å²) >= 11 is 0. The van der Waals surface area contributed by atoms with Crippen LogP contribution < -0.4 is 10.2 Å². The van der Waals surface area contributed by atoms with E-state index >= 15 is 0 Å². The Morgan fingerprint density at radius 3 is 2.40 bits per heavy atom. The fraction of sp³-hybridized carbons (Fsp3) is 0.750. The number of anilines is 2. The fourth-order valence-electron chi connectivity index (χ4n) is 3.37. The predicted octanol–water partition coefficient (Wildman–Crippen LogP) is 3.52. The maximum absolute atomic E-state index is 4.65. The van der Waals surface area contributed by atoms with Crippen molar-refractivity contribution >= 4 is 11.6 Å². The van der Waals surface area contributed by atoms with Crippen LogP contribution in [0.1, 0.15) is 57.2 Å². The van der Waals surface area contributed by atoms with Gasteiger partial charge >= 0.3 is 0 Å². The highest BCUT2D eigenvalue weighted by molar-refractivity contribution is 5.50. The van der Waals surface area contributed by atoms with E-state index in [1.54, 1.807) is 0 Å². The topological polar surface area (TPSA) is 41.1 Å². The molecule has 2 fully saturated rings. The molecule has 1 N–H and O–H groups in total. The van der Waals surface area contributed by atoms with Gasteiger partial charge in [0.25, 0.3) is 0 Å². The molecule has 1 aromatic rings. The Morgan fingerprint density at radius 1 is 1.00 bits per heavy atom. The van der Waals surface area contributed by atoms with Crippen molar-refractivity contribution in [1.82, 2.24) is 9.97 Å². The van der Waals surface area contributed by atoms with E-state index in [1.807, 2.05) is 6.92 Å². The monoisotopic (exact) mass is 274 g/mol. The Balaban J connectivity index is 1.74. The van der Waals surface area contributed by atoms with Crippen LogP contribution >= 0.6 is 0 Å². The van der Waals surface area contributed by atoms with Crippen molar-refractivity contribution in [2.75, 3.05) is 23.3 Å². The van der Waals surface area contributed by atoms with Crippen LogP contribution in [0.3, 0.4) is 0 Å². The molecule has 0 bridgehead atoms. The maximum Gasteiger partial charge on any atom is 0.134 e. The smallest absolute Gasteiger partial charge is 0.134 e. The van der Waals surface area contributed by atoms with Gasteiger partial charge in [0.15, 0.2) is 0 Å². The summed E-state index contributed by atoms with van der Waals surface area (Å²) in [5.41, 5.74) is 0. The highest BCUT2D eigenvalue weighted by atomic mass is 15.2. The summed E-state index contributed by atoms with van der Waals surface area (Å²) in [5, 5.41) is 3.60. The van der Waals surface area contributed by atoms with Gasteiger partial charge in [-0.2, -0.15) is 0 Å². The first-order valence-electron chi connectivity index (χ1n) is 8.18. The Bertz CT molecular complexity index is 432. The zero-order valence-corrected chi connectivity index (χ0v) is 12.6. The predicted molar refractivity (Wildman–Crippen MR) is 83.3 cm³/mol. The molecule has 0 aromatic carbocycles. The summed E-state index contributed by atoms with van der Waals surface area (Å²) in [6.07, 6.45) is 10.5. The van der Waals surface area contributed by atoms with Gasteiger partial charge in [-0.3, -0.25) is 0 Å². The second-order valence-electron chi connectivity index (χ2n) is 6.19. The number of nitrogens with one attached hydrogen (secondary N) is 1. The van der Waals surface area contributed by atoms with Crippen LogP contribution in [0.2, 0.25) is 0 Å². The van der Waals surface area contributed by atoms with Gasteiger partial charge in [0.05, 0.1) is 0 Å². The third-order valence-electron chi connectivity index (χ3n) is 4.46. The van der Waals surface area contributed by atoms with Crippen LogP contribution in [0, 0.1) is 6.92 Å². The molecule has 1 aromatic heterocycles. The largest absolute Gasteiger partial charge is 0.367 e. The normalized spacial score (nSPS) is 20.9. The lowest BCUT2D eigenvalue weighted by molar-refractivity contribution is 0.726. The SMILES string of the molecule is Cc1nc(NC2CCCC2)cc(N2CCCCCC2)n1. The van der Waals surface area contributed by atoms with Crippen LogP contribution in [-0.4, -0.2) is 29.1 Å². The lowest BCUT2D eigenvalue weighted by atomic mass is 10.2. The zero-order valence-electron chi connectivity index (χ0n) is 12.6. The Hall–Kier alpha value is -1.32. The van der Waals surface area contributed by atoms with Gasteiger partial charge in [-0.25, -0.2) is 9.97 Å². The van der Waals surface area contributed by atoms with Crippen LogP contribution in [0.4, 0.5) is 11.6 Å². The van der Waals surface area contributed by atoms with Crippen LogP contribution in [0.25, 0.3) is 0 Å². The molecule has 1 aliphatic heterocycles. The van der Waals surface area contributed by atoms with Crippen LogP contribution in [0.5, 0.6) is 0 Å². The molecular weight excluding hydrogens is 248 g/mol. The third kappa shape index (κ3) is 3.41. The lowest BCUT2D eigenvalue weighted by Crippen LogP contribution is -2.26. The van der Waals surface area contributed by atoms with Crippen molar-refractivity contribution in [3.63, 3.8) is 0 Å². The Kier molecular flexibility index (Phi) is 4.38.